The number of benzene rings is 2. The summed E-state index contributed by atoms with van der Waals surface area (Å²) < 4.78 is 11.6. The fourth-order valence-corrected chi connectivity index (χ4v) is 4.07. The molecule has 0 aromatic heterocycles. The molecule has 33 heavy (non-hydrogen) atoms. The molecule has 0 saturated carbocycles. The van der Waals surface area contributed by atoms with Gasteiger partial charge in [-0.25, -0.2) is 0 Å². The third-order valence-corrected chi connectivity index (χ3v) is 6.12. The van der Waals surface area contributed by atoms with Gasteiger partial charge in [0.2, 0.25) is 0 Å². The van der Waals surface area contributed by atoms with Crippen molar-refractivity contribution in [3.63, 3.8) is 0 Å². The second kappa shape index (κ2) is 17.7. The average Bonchev–Trinajstić information content (AvgIpc) is 2.87. The Morgan fingerprint density at radius 2 is 1.03 bits per heavy atom. The molecule has 0 heterocycles. The standard InChI is InChI=1S/C29H44O4/c1-2-3-4-5-6-7-8-15-21-32-22-16-23-33-24-27(28(30)25-17-11-9-12-18-25)29(31)26-19-13-10-14-20-26/h9-14,17-20,27-31H,2-8,15-16,21-24H2,1H3. The van der Waals surface area contributed by atoms with E-state index in [4.69, 9.17) is 9.47 Å². The van der Waals surface area contributed by atoms with Gasteiger partial charge >= 0.3 is 0 Å². The molecule has 0 saturated heterocycles. The molecular weight excluding hydrogens is 412 g/mol. The summed E-state index contributed by atoms with van der Waals surface area (Å²) in [5.41, 5.74) is 1.57. The Bertz CT molecular complexity index is 646. The highest BCUT2D eigenvalue weighted by Crippen LogP contribution is 2.33. The third-order valence-electron chi connectivity index (χ3n) is 6.12. The number of unbranched alkanes of at least 4 members (excludes halogenated alkanes) is 7. The van der Waals surface area contributed by atoms with Gasteiger partial charge in [0.1, 0.15) is 0 Å². The zero-order valence-electron chi connectivity index (χ0n) is 20.4. The molecule has 0 bridgehead atoms. The van der Waals surface area contributed by atoms with Gasteiger partial charge in [-0.05, 0) is 24.0 Å². The van der Waals surface area contributed by atoms with Crippen molar-refractivity contribution in [1.29, 1.82) is 0 Å². The number of hydrogen-bond acceptors (Lipinski definition) is 4. The molecule has 0 aliphatic rings. The molecule has 184 valence electrons. The lowest BCUT2D eigenvalue weighted by Gasteiger charge is -2.28. The number of aliphatic hydroxyl groups excluding tert-OH is 2. The van der Waals surface area contributed by atoms with Gasteiger partial charge in [-0.3, -0.25) is 0 Å². The molecule has 0 aliphatic carbocycles. The molecule has 0 spiro atoms. The van der Waals surface area contributed by atoms with Crippen molar-refractivity contribution in [3.05, 3.63) is 71.8 Å². The van der Waals surface area contributed by atoms with Crippen LogP contribution in [0.5, 0.6) is 0 Å². The molecule has 2 unspecified atom stereocenters. The monoisotopic (exact) mass is 456 g/mol. The van der Waals surface area contributed by atoms with Crippen LogP contribution in [0.1, 0.15) is 88.0 Å². The predicted octanol–water partition coefficient (Wildman–Crippen LogP) is 6.63. The lowest BCUT2D eigenvalue weighted by Crippen LogP contribution is -2.26. The van der Waals surface area contributed by atoms with Crippen LogP contribution >= 0.6 is 0 Å². The first-order valence-corrected chi connectivity index (χ1v) is 12.9. The Labute approximate surface area is 201 Å². The van der Waals surface area contributed by atoms with Crippen LogP contribution in [0, 0.1) is 5.92 Å². The summed E-state index contributed by atoms with van der Waals surface area (Å²) in [6.07, 6.45) is 9.64. The molecule has 2 atom stereocenters. The van der Waals surface area contributed by atoms with Crippen molar-refractivity contribution in [2.24, 2.45) is 5.92 Å². The molecule has 2 aromatic carbocycles. The highest BCUT2D eigenvalue weighted by molar-refractivity contribution is 5.22. The number of ether oxygens (including phenoxy) is 2. The van der Waals surface area contributed by atoms with E-state index in [9.17, 15) is 10.2 Å². The minimum Gasteiger partial charge on any atom is -0.388 e. The van der Waals surface area contributed by atoms with Crippen molar-refractivity contribution in [2.75, 3.05) is 26.4 Å². The van der Waals surface area contributed by atoms with E-state index in [0.29, 0.717) is 13.2 Å². The van der Waals surface area contributed by atoms with Crippen molar-refractivity contribution in [2.45, 2.75) is 76.9 Å². The Kier molecular flexibility index (Phi) is 14.8. The maximum Gasteiger partial charge on any atom is 0.0868 e. The molecule has 0 fully saturated rings. The Hall–Kier alpha value is -1.72. The predicted molar refractivity (Wildman–Crippen MR) is 135 cm³/mol. The quantitative estimate of drug-likeness (QED) is 0.233. The largest absolute Gasteiger partial charge is 0.388 e. The van der Waals surface area contributed by atoms with Gasteiger partial charge in [0.25, 0.3) is 0 Å². The topological polar surface area (TPSA) is 58.9 Å². The summed E-state index contributed by atoms with van der Waals surface area (Å²) in [4.78, 5) is 0. The normalized spacial score (nSPS) is 14.2. The smallest absolute Gasteiger partial charge is 0.0868 e. The Balaban J connectivity index is 1.65. The van der Waals surface area contributed by atoms with Crippen molar-refractivity contribution in [1.82, 2.24) is 0 Å². The molecule has 2 aromatic rings. The first kappa shape index (κ1) is 27.5. The molecule has 0 amide bonds. The maximum atomic E-state index is 11.0. The van der Waals surface area contributed by atoms with Gasteiger partial charge in [0.15, 0.2) is 0 Å². The molecule has 0 aliphatic heterocycles. The summed E-state index contributed by atoms with van der Waals surface area (Å²) in [5, 5.41) is 21.9. The minimum absolute atomic E-state index is 0.282. The molecule has 2 rings (SSSR count). The first-order chi connectivity index (χ1) is 16.2. The van der Waals surface area contributed by atoms with E-state index in [0.717, 1.165) is 30.6 Å². The van der Waals surface area contributed by atoms with E-state index >= 15 is 0 Å². The number of aliphatic hydroxyl groups is 2. The maximum absolute atomic E-state index is 11.0. The van der Waals surface area contributed by atoms with Crippen LogP contribution in [-0.2, 0) is 9.47 Å². The SMILES string of the molecule is CCCCCCCCCCOCCCOCC(C(O)c1ccccc1)C(O)c1ccccc1. The molecule has 4 nitrogen and oxygen atoms in total. The summed E-state index contributed by atoms with van der Waals surface area (Å²) >= 11 is 0. The van der Waals surface area contributed by atoms with Gasteiger partial charge < -0.3 is 19.7 Å². The first-order valence-electron chi connectivity index (χ1n) is 12.9. The van der Waals surface area contributed by atoms with Crippen LogP contribution in [0.4, 0.5) is 0 Å². The summed E-state index contributed by atoms with van der Waals surface area (Å²) in [7, 11) is 0. The van der Waals surface area contributed by atoms with Gasteiger partial charge in [-0.1, -0.05) is 113 Å². The zero-order chi connectivity index (χ0) is 23.6. The van der Waals surface area contributed by atoms with Crippen LogP contribution < -0.4 is 0 Å². The van der Waals surface area contributed by atoms with E-state index in [1.165, 1.54) is 44.9 Å². The Morgan fingerprint density at radius 3 is 1.58 bits per heavy atom. The molecular formula is C29H44O4. The van der Waals surface area contributed by atoms with Crippen molar-refractivity contribution >= 4 is 0 Å². The number of hydrogen-bond donors (Lipinski definition) is 2. The second-order valence-electron chi connectivity index (χ2n) is 8.89. The summed E-state index contributed by atoms with van der Waals surface area (Å²) in [6.45, 7) is 4.59. The van der Waals surface area contributed by atoms with Crippen LogP contribution in [0.2, 0.25) is 0 Å². The van der Waals surface area contributed by atoms with Gasteiger partial charge in [-0.15, -0.1) is 0 Å². The van der Waals surface area contributed by atoms with E-state index < -0.39 is 18.1 Å². The van der Waals surface area contributed by atoms with Crippen LogP contribution in [-0.4, -0.2) is 36.6 Å². The number of rotatable bonds is 19. The molecule has 2 N–H and O–H groups in total. The molecule has 4 heteroatoms. The van der Waals surface area contributed by atoms with Gasteiger partial charge in [-0.2, -0.15) is 0 Å². The highest BCUT2D eigenvalue weighted by Gasteiger charge is 2.29. The average molecular weight is 457 g/mol. The second-order valence-corrected chi connectivity index (χ2v) is 8.89. The lowest BCUT2D eigenvalue weighted by atomic mass is 9.88. The van der Waals surface area contributed by atoms with Crippen LogP contribution in [0.25, 0.3) is 0 Å². The summed E-state index contributed by atoms with van der Waals surface area (Å²) in [6, 6.07) is 19.0. The fraction of sp³-hybridized carbons (Fsp3) is 0.586. The van der Waals surface area contributed by atoms with Crippen LogP contribution in [0.3, 0.4) is 0 Å². The van der Waals surface area contributed by atoms with E-state index in [1.54, 1.807) is 0 Å². The highest BCUT2D eigenvalue weighted by atomic mass is 16.5. The van der Waals surface area contributed by atoms with Crippen molar-refractivity contribution < 1.29 is 19.7 Å². The fourth-order valence-electron chi connectivity index (χ4n) is 4.07. The van der Waals surface area contributed by atoms with Gasteiger partial charge in [0, 0.05) is 25.7 Å². The van der Waals surface area contributed by atoms with Crippen molar-refractivity contribution in [3.8, 4) is 0 Å². The third kappa shape index (κ3) is 11.3. The zero-order valence-corrected chi connectivity index (χ0v) is 20.4. The molecule has 0 radical (unpaired) electrons. The minimum atomic E-state index is -0.806. The van der Waals surface area contributed by atoms with Gasteiger partial charge in [0.05, 0.1) is 18.8 Å². The van der Waals surface area contributed by atoms with Crippen LogP contribution in [0.15, 0.2) is 60.7 Å². The summed E-state index contributed by atoms with van der Waals surface area (Å²) in [5.74, 6) is -0.451. The van der Waals surface area contributed by atoms with E-state index in [-0.39, 0.29) is 6.61 Å². The lowest BCUT2D eigenvalue weighted by molar-refractivity contribution is -0.0434. The Morgan fingerprint density at radius 1 is 0.576 bits per heavy atom. The van der Waals surface area contributed by atoms with E-state index in [2.05, 4.69) is 6.92 Å². The van der Waals surface area contributed by atoms with E-state index in [1.807, 2.05) is 60.7 Å².